The van der Waals surface area contributed by atoms with E-state index < -0.39 is 0 Å². The van der Waals surface area contributed by atoms with Crippen LogP contribution in [0.4, 0.5) is 0 Å². The van der Waals surface area contributed by atoms with E-state index in [-0.39, 0.29) is 0 Å². The highest BCUT2D eigenvalue weighted by Crippen LogP contribution is 2.34. The number of nitrogens with one attached hydrogen (secondary N) is 2. The number of hydrogen-bond donors (Lipinski definition) is 2. The second-order valence-corrected chi connectivity index (χ2v) is 6.49. The molecule has 2 N–H and O–H groups in total. The lowest BCUT2D eigenvalue weighted by atomic mass is 10.2. The average Bonchev–Trinajstić information content (AvgIpc) is 2.62. The lowest BCUT2D eigenvalue weighted by Crippen LogP contribution is -2.19. The Morgan fingerprint density at radius 3 is 2.44 bits per heavy atom. The van der Waals surface area contributed by atoms with Gasteiger partial charge in [-0.2, -0.15) is 0 Å². The normalized spacial score (nSPS) is 10.7. The van der Waals surface area contributed by atoms with Crippen LogP contribution in [0, 0.1) is 0 Å². The summed E-state index contributed by atoms with van der Waals surface area (Å²) in [6.45, 7) is 3.03. The molecular weight excluding hydrogens is 359 g/mol. The summed E-state index contributed by atoms with van der Waals surface area (Å²) in [4.78, 5) is 0. The van der Waals surface area contributed by atoms with Crippen LogP contribution in [0.3, 0.4) is 0 Å². The standard InChI is InChI=1S/C19H24Cl2N2O2/c1-22-8-3-9-23-12-15-10-18(24-2)19(11-17(15)21)25-13-14-4-6-16(20)7-5-14/h4-7,10-11,22-23H,3,8-9,12-13H2,1-2H3. The van der Waals surface area contributed by atoms with Crippen LogP contribution >= 0.6 is 23.2 Å². The Balaban J connectivity index is 1.98. The molecule has 0 atom stereocenters. The molecule has 0 unspecified atom stereocenters. The van der Waals surface area contributed by atoms with Gasteiger partial charge in [-0.25, -0.2) is 0 Å². The van der Waals surface area contributed by atoms with Crippen LogP contribution in [0.1, 0.15) is 17.5 Å². The van der Waals surface area contributed by atoms with Gasteiger partial charge in [0.1, 0.15) is 6.61 Å². The van der Waals surface area contributed by atoms with Crippen molar-refractivity contribution in [2.24, 2.45) is 0 Å². The molecule has 0 aliphatic heterocycles. The zero-order valence-corrected chi connectivity index (χ0v) is 16.1. The molecule has 0 aromatic heterocycles. The van der Waals surface area contributed by atoms with Crippen molar-refractivity contribution in [3.63, 3.8) is 0 Å². The Kier molecular flexibility index (Phi) is 8.35. The molecule has 0 saturated carbocycles. The van der Waals surface area contributed by atoms with E-state index in [9.17, 15) is 0 Å². The van der Waals surface area contributed by atoms with Crippen molar-refractivity contribution in [3.05, 3.63) is 57.6 Å². The quantitative estimate of drug-likeness (QED) is 0.601. The van der Waals surface area contributed by atoms with E-state index in [0.29, 0.717) is 34.7 Å². The van der Waals surface area contributed by atoms with Crippen LogP contribution < -0.4 is 20.1 Å². The lowest BCUT2D eigenvalue weighted by molar-refractivity contribution is 0.284. The van der Waals surface area contributed by atoms with Gasteiger partial charge in [0.05, 0.1) is 7.11 Å². The van der Waals surface area contributed by atoms with E-state index in [1.165, 1.54) is 0 Å². The second-order valence-electron chi connectivity index (χ2n) is 5.64. The van der Waals surface area contributed by atoms with E-state index in [1.54, 1.807) is 13.2 Å². The minimum atomic E-state index is 0.422. The van der Waals surface area contributed by atoms with Crippen molar-refractivity contribution in [2.75, 3.05) is 27.2 Å². The Morgan fingerprint density at radius 2 is 1.76 bits per heavy atom. The molecule has 0 heterocycles. The summed E-state index contributed by atoms with van der Waals surface area (Å²) in [7, 11) is 3.58. The molecule has 0 saturated heterocycles. The molecule has 25 heavy (non-hydrogen) atoms. The van der Waals surface area contributed by atoms with Crippen LogP contribution in [0.25, 0.3) is 0 Å². The second kappa shape index (κ2) is 10.5. The molecule has 2 rings (SSSR count). The molecule has 136 valence electrons. The fourth-order valence-electron chi connectivity index (χ4n) is 2.34. The fraction of sp³-hybridized carbons (Fsp3) is 0.368. The number of rotatable bonds is 10. The molecule has 2 aromatic rings. The SMILES string of the molecule is CNCCCNCc1cc(OC)c(OCc2ccc(Cl)cc2)cc1Cl. The third kappa shape index (κ3) is 6.40. The van der Waals surface area contributed by atoms with E-state index >= 15 is 0 Å². The monoisotopic (exact) mass is 382 g/mol. The van der Waals surface area contributed by atoms with E-state index in [2.05, 4.69) is 10.6 Å². The maximum absolute atomic E-state index is 6.40. The fourth-order valence-corrected chi connectivity index (χ4v) is 2.69. The van der Waals surface area contributed by atoms with Crippen molar-refractivity contribution in [3.8, 4) is 11.5 Å². The first kappa shape index (κ1) is 19.9. The predicted octanol–water partition coefficient (Wildman–Crippen LogP) is 4.28. The molecule has 0 aliphatic rings. The zero-order valence-electron chi connectivity index (χ0n) is 14.6. The van der Waals surface area contributed by atoms with Crippen LogP contribution in [-0.2, 0) is 13.2 Å². The Labute approximate surface area is 159 Å². The molecule has 0 spiro atoms. The Hall–Kier alpha value is -1.46. The van der Waals surface area contributed by atoms with E-state index in [4.69, 9.17) is 32.7 Å². The van der Waals surface area contributed by atoms with Gasteiger partial charge >= 0.3 is 0 Å². The molecule has 6 heteroatoms. The highest BCUT2D eigenvalue weighted by molar-refractivity contribution is 6.31. The average molecular weight is 383 g/mol. The summed E-state index contributed by atoms with van der Waals surface area (Å²) < 4.78 is 11.3. The molecule has 0 bridgehead atoms. The van der Waals surface area contributed by atoms with Crippen molar-refractivity contribution in [1.82, 2.24) is 10.6 Å². The van der Waals surface area contributed by atoms with Crippen LogP contribution in [0.2, 0.25) is 10.0 Å². The van der Waals surface area contributed by atoms with Crippen molar-refractivity contribution < 1.29 is 9.47 Å². The maximum atomic E-state index is 6.40. The minimum absolute atomic E-state index is 0.422. The highest BCUT2D eigenvalue weighted by Gasteiger charge is 2.11. The summed E-state index contributed by atoms with van der Waals surface area (Å²) in [5.74, 6) is 1.30. The molecule has 4 nitrogen and oxygen atoms in total. The molecule has 0 fully saturated rings. The van der Waals surface area contributed by atoms with Crippen molar-refractivity contribution in [2.45, 2.75) is 19.6 Å². The lowest BCUT2D eigenvalue weighted by Gasteiger charge is -2.14. The molecule has 2 aromatic carbocycles. The molecule has 0 aliphatic carbocycles. The first-order chi connectivity index (χ1) is 12.1. The molecular formula is C19H24Cl2N2O2. The van der Waals surface area contributed by atoms with Gasteiger partial charge in [-0.1, -0.05) is 35.3 Å². The smallest absolute Gasteiger partial charge is 0.163 e. The van der Waals surface area contributed by atoms with E-state index in [1.807, 2.05) is 37.4 Å². The van der Waals surface area contributed by atoms with Crippen LogP contribution in [-0.4, -0.2) is 27.2 Å². The van der Waals surface area contributed by atoms with Gasteiger partial charge in [-0.05, 0) is 55.9 Å². The predicted molar refractivity (Wildman–Crippen MR) is 104 cm³/mol. The van der Waals surface area contributed by atoms with Gasteiger partial charge in [0.2, 0.25) is 0 Å². The summed E-state index contributed by atoms with van der Waals surface area (Å²) in [5.41, 5.74) is 2.01. The summed E-state index contributed by atoms with van der Waals surface area (Å²) in [6, 6.07) is 11.3. The number of methoxy groups -OCH3 is 1. The van der Waals surface area contributed by atoms with Crippen molar-refractivity contribution in [1.29, 1.82) is 0 Å². The van der Waals surface area contributed by atoms with Crippen molar-refractivity contribution >= 4 is 23.2 Å². The minimum Gasteiger partial charge on any atom is -0.493 e. The Bertz CT molecular complexity index is 663. The largest absolute Gasteiger partial charge is 0.493 e. The van der Waals surface area contributed by atoms with Gasteiger partial charge in [-0.3, -0.25) is 0 Å². The molecule has 0 radical (unpaired) electrons. The zero-order chi connectivity index (χ0) is 18.1. The van der Waals surface area contributed by atoms with Gasteiger partial charge in [0.15, 0.2) is 11.5 Å². The number of benzene rings is 2. The topological polar surface area (TPSA) is 42.5 Å². The third-order valence-corrected chi connectivity index (χ3v) is 4.34. The number of halogens is 2. The maximum Gasteiger partial charge on any atom is 0.163 e. The summed E-state index contributed by atoms with van der Waals surface area (Å²) in [6.07, 6.45) is 1.06. The van der Waals surface area contributed by atoms with Crippen LogP contribution in [0.15, 0.2) is 36.4 Å². The first-order valence-corrected chi connectivity index (χ1v) is 8.98. The molecule has 0 amide bonds. The van der Waals surface area contributed by atoms with Gasteiger partial charge < -0.3 is 20.1 Å². The third-order valence-electron chi connectivity index (χ3n) is 3.74. The number of hydrogen-bond acceptors (Lipinski definition) is 4. The summed E-state index contributed by atoms with van der Waals surface area (Å²) in [5, 5.41) is 7.87. The van der Waals surface area contributed by atoms with Crippen LogP contribution in [0.5, 0.6) is 11.5 Å². The summed E-state index contributed by atoms with van der Waals surface area (Å²) >= 11 is 12.3. The first-order valence-electron chi connectivity index (χ1n) is 8.23. The van der Waals surface area contributed by atoms with Gasteiger partial charge in [-0.15, -0.1) is 0 Å². The van der Waals surface area contributed by atoms with Gasteiger partial charge in [0.25, 0.3) is 0 Å². The van der Waals surface area contributed by atoms with E-state index in [0.717, 1.165) is 30.6 Å². The number of ether oxygens (including phenoxy) is 2. The highest BCUT2D eigenvalue weighted by atomic mass is 35.5. The Morgan fingerprint density at radius 1 is 1.00 bits per heavy atom. The van der Waals surface area contributed by atoms with Gasteiger partial charge in [0, 0.05) is 22.7 Å².